The van der Waals surface area contributed by atoms with Crippen LogP contribution in [0.25, 0.3) is 0 Å². The molecular formula is C22H34ClFIN5O. The van der Waals surface area contributed by atoms with Crippen LogP contribution in [-0.4, -0.2) is 67.5 Å². The molecule has 2 aliphatic rings. The summed E-state index contributed by atoms with van der Waals surface area (Å²) in [4.78, 5) is 20.7. The van der Waals surface area contributed by atoms with Crippen LogP contribution in [0.15, 0.2) is 23.2 Å². The first kappa shape index (κ1) is 26.1. The maximum absolute atomic E-state index is 14.6. The highest BCUT2D eigenvalue weighted by atomic mass is 127. The van der Waals surface area contributed by atoms with Crippen molar-refractivity contribution in [3.63, 3.8) is 0 Å². The number of guanidine groups is 1. The van der Waals surface area contributed by atoms with Crippen molar-refractivity contribution >= 4 is 47.4 Å². The maximum Gasteiger partial charge on any atom is 0.222 e. The van der Waals surface area contributed by atoms with Crippen LogP contribution in [0.5, 0.6) is 0 Å². The molecule has 0 saturated carbocycles. The summed E-state index contributed by atoms with van der Waals surface area (Å²) in [5.41, 5.74) is 0.535. The maximum atomic E-state index is 14.6. The van der Waals surface area contributed by atoms with Gasteiger partial charge in [-0.05, 0) is 57.8 Å². The molecule has 9 heteroatoms. The van der Waals surface area contributed by atoms with Crippen molar-refractivity contribution in [2.75, 3.05) is 45.8 Å². The Morgan fingerprint density at radius 3 is 2.65 bits per heavy atom. The van der Waals surface area contributed by atoms with Gasteiger partial charge in [-0.3, -0.25) is 14.7 Å². The van der Waals surface area contributed by atoms with Gasteiger partial charge in [0.05, 0.1) is 12.6 Å². The van der Waals surface area contributed by atoms with E-state index >= 15 is 0 Å². The fraction of sp³-hybridized carbons (Fsp3) is 0.636. The van der Waals surface area contributed by atoms with Crippen molar-refractivity contribution in [1.82, 2.24) is 20.4 Å². The smallest absolute Gasteiger partial charge is 0.222 e. The average molecular weight is 566 g/mol. The molecule has 3 rings (SSSR count). The number of nitrogens with zero attached hydrogens (tertiary/aromatic N) is 3. The fourth-order valence-electron chi connectivity index (χ4n) is 4.21. The molecule has 0 radical (unpaired) electrons. The minimum atomic E-state index is -0.275. The van der Waals surface area contributed by atoms with Crippen LogP contribution in [0.2, 0.25) is 5.02 Å². The summed E-state index contributed by atoms with van der Waals surface area (Å²) >= 11 is 6.38. The van der Waals surface area contributed by atoms with Crippen molar-refractivity contribution in [2.24, 2.45) is 4.99 Å². The monoisotopic (exact) mass is 565 g/mol. The molecule has 1 aromatic carbocycles. The Labute approximate surface area is 207 Å². The third-order valence-electron chi connectivity index (χ3n) is 5.75. The number of hydrogen-bond acceptors (Lipinski definition) is 3. The predicted octanol–water partition coefficient (Wildman–Crippen LogP) is 3.80. The van der Waals surface area contributed by atoms with Crippen molar-refractivity contribution < 1.29 is 9.18 Å². The Hall–Kier alpha value is -1.13. The molecule has 2 aliphatic heterocycles. The number of halogens is 3. The van der Waals surface area contributed by atoms with Crippen LogP contribution in [0.1, 0.15) is 50.6 Å². The molecule has 0 aromatic heterocycles. The Morgan fingerprint density at radius 1 is 1.23 bits per heavy atom. The average Bonchev–Trinajstić information content (AvgIpc) is 3.39. The van der Waals surface area contributed by atoms with E-state index in [1.54, 1.807) is 12.1 Å². The molecule has 0 bridgehead atoms. The molecule has 31 heavy (non-hydrogen) atoms. The molecule has 1 amide bonds. The molecule has 6 nitrogen and oxygen atoms in total. The van der Waals surface area contributed by atoms with Crippen LogP contribution in [-0.2, 0) is 4.79 Å². The zero-order chi connectivity index (χ0) is 21.3. The second-order valence-electron chi connectivity index (χ2n) is 7.88. The highest BCUT2D eigenvalue weighted by molar-refractivity contribution is 14.0. The van der Waals surface area contributed by atoms with Crippen LogP contribution < -0.4 is 10.6 Å². The topological polar surface area (TPSA) is 60.0 Å². The molecule has 174 valence electrons. The van der Waals surface area contributed by atoms with Gasteiger partial charge < -0.3 is 15.5 Å². The number of likely N-dealkylation sites (tertiary alicyclic amines) is 2. The van der Waals surface area contributed by atoms with E-state index in [0.717, 1.165) is 65.0 Å². The van der Waals surface area contributed by atoms with E-state index in [1.807, 2.05) is 11.8 Å². The predicted molar refractivity (Wildman–Crippen MR) is 135 cm³/mol. The van der Waals surface area contributed by atoms with Crippen LogP contribution in [0.3, 0.4) is 0 Å². The number of nitrogens with one attached hydrogen (secondary N) is 2. The Balaban J connectivity index is 0.00000341. The zero-order valence-corrected chi connectivity index (χ0v) is 21.3. The van der Waals surface area contributed by atoms with E-state index in [2.05, 4.69) is 15.5 Å². The Kier molecular flexibility index (Phi) is 11.3. The molecule has 0 aliphatic carbocycles. The summed E-state index contributed by atoms with van der Waals surface area (Å²) in [5, 5.41) is 7.06. The molecule has 0 spiro atoms. The third-order valence-corrected chi connectivity index (χ3v) is 6.08. The summed E-state index contributed by atoms with van der Waals surface area (Å²) in [6.07, 6.45) is 4.73. The fourth-order valence-corrected chi connectivity index (χ4v) is 4.50. The molecule has 2 saturated heterocycles. The summed E-state index contributed by atoms with van der Waals surface area (Å²) in [6, 6.07) is 4.67. The first-order valence-corrected chi connectivity index (χ1v) is 11.5. The Morgan fingerprint density at radius 2 is 2.00 bits per heavy atom. The van der Waals surface area contributed by atoms with E-state index in [-0.39, 0.29) is 41.7 Å². The minimum absolute atomic E-state index is 0. The zero-order valence-electron chi connectivity index (χ0n) is 18.2. The Bertz CT molecular complexity index is 724. The second-order valence-corrected chi connectivity index (χ2v) is 8.29. The molecule has 1 atom stereocenters. The normalized spacial score (nSPS) is 18.2. The number of rotatable bonds is 9. The van der Waals surface area contributed by atoms with Crippen LogP contribution in [0, 0.1) is 5.82 Å². The van der Waals surface area contributed by atoms with E-state index in [1.165, 1.54) is 6.07 Å². The lowest BCUT2D eigenvalue weighted by Crippen LogP contribution is -2.40. The van der Waals surface area contributed by atoms with Gasteiger partial charge in [0.1, 0.15) is 5.82 Å². The number of aliphatic imine (C=N–C) groups is 1. The highest BCUT2D eigenvalue weighted by Gasteiger charge is 2.27. The molecule has 1 aromatic rings. The van der Waals surface area contributed by atoms with Gasteiger partial charge in [0.25, 0.3) is 0 Å². The van der Waals surface area contributed by atoms with Gasteiger partial charge in [0.2, 0.25) is 5.91 Å². The first-order valence-electron chi connectivity index (χ1n) is 11.1. The van der Waals surface area contributed by atoms with Gasteiger partial charge in [0.15, 0.2) is 5.96 Å². The number of benzene rings is 1. The number of carbonyl (C=O) groups is 1. The van der Waals surface area contributed by atoms with Gasteiger partial charge in [-0.2, -0.15) is 0 Å². The summed E-state index contributed by atoms with van der Waals surface area (Å²) in [6.45, 7) is 7.42. The number of hydrogen-bond donors (Lipinski definition) is 2. The van der Waals surface area contributed by atoms with Crippen molar-refractivity contribution in [3.8, 4) is 0 Å². The molecule has 1 unspecified atom stereocenters. The standard InChI is InChI=1S/C22H33ClFN5O.HI/c1-2-25-22(26-11-7-15-29-14-6-10-20(29)30)27-16-19(28-12-3-4-13-28)21-17(23)8-5-9-18(21)24;/h5,8-9,19H,2-4,6-7,10-16H2,1H3,(H2,25,26,27);1H. The van der Waals surface area contributed by atoms with E-state index in [9.17, 15) is 9.18 Å². The van der Waals surface area contributed by atoms with Gasteiger partial charge in [0, 0.05) is 43.2 Å². The second kappa shape index (κ2) is 13.4. The molecule has 2 fully saturated rings. The van der Waals surface area contributed by atoms with Crippen LogP contribution >= 0.6 is 35.6 Å². The lowest BCUT2D eigenvalue weighted by atomic mass is 10.0. The van der Waals surface area contributed by atoms with E-state index in [0.29, 0.717) is 29.5 Å². The summed E-state index contributed by atoms with van der Waals surface area (Å²) in [7, 11) is 0. The third kappa shape index (κ3) is 7.46. The van der Waals surface area contributed by atoms with E-state index in [4.69, 9.17) is 16.6 Å². The van der Waals surface area contributed by atoms with E-state index < -0.39 is 0 Å². The lowest BCUT2D eigenvalue weighted by Gasteiger charge is -2.28. The minimum Gasteiger partial charge on any atom is -0.357 e. The van der Waals surface area contributed by atoms with Crippen LogP contribution in [0.4, 0.5) is 4.39 Å². The SMILES string of the molecule is CCNC(=NCC(c1c(F)cccc1Cl)N1CCCC1)NCCCN1CCCC1=O.I. The van der Waals surface area contributed by atoms with Gasteiger partial charge >= 0.3 is 0 Å². The van der Waals surface area contributed by atoms with Gasteiger partial charge in [-0.15, -0.1) is 24.0 Å². The van der Waals surface area contributed by atoms with Crippen molar-refractivity contribution in [3.05, 3.63) is 34.6 Å². The van der Waals surface area contributed by atoms with Gasteiger partial charge in [-0.25, -0.2) is 4.39 Å². The highest BCUT2D eigenvalue weighted by Crippen LogP contribution is 2.32. The van der Waals surface area contributed by atoms with Crippen molar-refractivity contribution in [2.45, 2.75) is 45.1 Å². The molecular weight excluding hydrogens is 532 g/mol. The summed E-state index contributed by atoms with van der Waals surface area (Å²) < 4.78 is 14.6. The molecule has 2 N–H and O–H groups in total. The quantitative estimate of drug-likeness (QED) is 0.207. The number of carbonyl (C=O) groups excluding carboxylic acids is 1. The number of amides is 1. The molecule has 2 heterocycles. The largest absolute Gasteiger partial charge is 0.357 e. The van der Waals surface area contributed by atoms with Crippen molar-refractivity contribution in [1.29, 1.82) is 0 Å². The summed E-state index contributed by atoms with van der Waals surface area (Å²) in [5.74, 6) is 0.690. The lowest BCUT2D eigenvalue weighted by molar-refractivity contribution is -0.127. The van der Waals surface area contributed by atoms with Gasteiger partial charge in [-0.1, -0.05) is 17.7 Å². The first-order chi connectivity index (χ1) is 14.6.